The third kappa shape index (κ3) is 8.04. The normalized spacial score (nSPS) is 18.7. The maximum absolute atomic E-state index is 12.3. The first-order valence-electron chi connectivity index (χ1n) is 9.31. The van der Waals surface area contributed by atoms with Crippen LogP contribution in [0.15, 0.2) is 29.3 Å². The molecule has 9 heteroatoms. The molecule has 1 saturated heterocycles. The van der Waals surface area contributed by atoms with Crippen molar-refractivity contribution in [3.05, 3.63) is 29.8 Å². The van der Waals surface area contributed by atoms with Crippen molar-refractivity contribution >= 4 is 29.9 Å². The van der Waals surface area contributed by atoms with E-state index in [9.17, 15) is 8.78 Å². The van der Waals surface area contributed by atoms with Crippen molar-refractivity contribution in [1.82, 2.24) is 20.0 Å². The van der Waals surface area contributed by atoms with Gasteiger partial charge >= 0.3 is 6.61 Å². The lowest BCUT2D eigenvalue weighted by molar-refractivity contribution is -0.0498. The summed E-state index contributed by atoms with van der Waals surface area (Å²) in [7, 11) is 6.26. The summed E-state index contributed by atoms with van der Waals surface area (Å²) in [6, 6.07) is 7.11. The quantitative estimate of drug-likeness (QED) is 0.347. The van der Waals surface area contributed by atoms with E-state index >= 15 is 0 Å². The van der Waals surface area contributed by atoms with E-state index in [1.807, 2.05) is 18.9 Å². The number of benzene rings is 1. The Balaban J connectivity index is 0.00000392. The van der Waals surface area contributed by atoms with Crippen molar-refractivity contribution < 1.29 is 13.5 Å². The second kappa shape index (κ2) is 12.4. The second-order valence-corrected chi connectivity index (χ2v) is 6.97. The van der Waals surface area contributed by atoms with Gasteiger partial charge in [0.05, 0.1) is 6.54 Å². The van der Waals surface area contributed by atoms with Gasteiger partial charge in [0.1, 0.15) is 5.75 Å². The van der Waals surface area contributed by atoms with E-state index < -0.39 is 6.61 Å². The summed E-state index contributed by atoms with van der Waals surface area (Å²) >= 11 is 0. The van der Waals surface area contributed by atoms with Gasteiger partial charge in [-0.2, -0.15) is 8.78 Å². The average Bonchev–Trinajstić information content (AvgIpc) is 2.62. The highest BCUT2D eigenvalue weighted by atomic mass is 127. The highest BCUT2D eigenvalue weighted by Gasteiger charge is 2.22. The van der Waals surface area contributed by atoms with Gasteiger partial charge in [0.2, 0.25) is 0 Å². The fourth-order valence-corrected chi connectivity index (χ4v) is 3.09. The van der Waals surface area contributed by atoms with E-state index in [0.717, 1.165) is 44.2 Å². The van der Waals surface area contributed by atoms with Crippen LogP contribution in [0.3, 0.4) is 0 Å². The Morgan fingerprint density at radius 3 is 2.57 bits per heavy atom. The number of nitrogens with one attached hydrogen (secondary N) is 1. The molecule has 28 heavy (non-hydrogen) atoms. The first-order chi connectivity index (χ1) is 12.9. The molecule has 1 atom stereocenters. The summed E-state index contributed by atoms with van der Waals surface area (Å²) in [6.07, 6.45) is 0. The van der Waals surface area contributed by atoms with Crippen LogP contribution in [0.5, 0.6) is 5.75 Å². The highest BCUT2D eigenvalue weighted by Crippen LogP contribution is 2.16. The predicted octanol–water partition coefficient (Wildman–Crippen LogP) is 2.55. The van der Waals surface area contributed by atoms with Crippen LogP contribution in [0.25, 0.3) is 0 Å². The molecule has 0 bridgehead atoms. The van der Waals surface area contributed by atoms with Gasteiger partial charge in [0, 0.05) is 45.8 Å². The van der Waals surface area contributed by atoms with Gasteiger partial charge in [-0.3, -0.25) is 9.89 Å². The summed E-state index contributed by atoms with van der Waals surface area (Å²) in [5, 5.41) is 3.33. The van der Waals surface area contributed by atoms with Crippen molar-refractivity contribution in [3.63, 3.8) is 0 Å². The smallest absolute Gasteiger partial charge is 0.387 e. The maximum Gasteiger partial charge on any atom is 0.387 e. The fraction of sp³-hybridized carbons (Fsp3) is 0.632. The van der Waals surface area contributed by atoms with E-state index in [0.29, 0.717) is 12.6 Å². The van der Waals surface area contributed by atoms with Crippen LogP contribution in [-0.4, -0.2) is 87.2 Å². The lowest BCUT2D eigenvalue weighted by Crippen LogP contribution is -2.51. The molecule has 0 spiro atoms. The molecule has 1 aliphatic rings. The molecule has 1 unspecified atom stereocenters. The van der Waals surface area contributed by atoms with Gasteiger partial charge in [-0.15, -0.1) is 24.0 Å². The molecule has 1 aliphatic heterocycles. The molecule has 1 aromatic rings. The van der Waals surface area contributed by atoms with Gasteiger partial charge in [0.25, 0.3) is 0 Å². The molecular formula is C19H32F2IN5O. The first-order valence-corrected chi connectivity index (χ1v) is 9.31. The Kier molecular flexibility index (Phi) is 11.0. The van der Waals surface area contributed by atoms with Gasteiger partial charge in [-0.1, -0.05) is 12.1 Å². The number of nitrogens with zero attached hydrogens (tertiary/aromatic N) is 4. The number of aliphatic imine (C=N–C) groups is 1. The number of halogens is 3. The molecule has 0 radical (unpaired) electrons. The van der Waals surface area contributed by atoms with Gasteiger partial charge in [-0.05, 0) is 38.7 Å². The van der Waals surface area contributed by atoms with Crippen molar-refractivity contribution in [1.29, 1.82) is 0 Å². The third-order valence-electron chi connectivity index (χ3n) is 4.70. The van der Waals surface area contributed by atoms with Crippen LogP contribution in [-0.2, 0) is 6.54 Å². The highest BCUT2D eigenvalue weighted by molar-refractivity contribution is 14.0. The van der Waals surface area contributed by atoms with Gasteiger partial charge < -0.3 is 19.9 Å². The molecule has 1 aromatic carbocycles. The van der Waals surface area contributed by atoms with Crippen LogP contribution in [0, 0.1) is 0 Å². The van der Waals surface area contributed by atoms with Gasteiger partial charge in [0.15, 0.2) is 5.96 Å². The lowest BCUT2D eigenvalue weighted by atomic mass is 10.2. The summed E-state index contributed by atoms with van der Waals surface area (Å²) in [5.74, 6) is 1.01. The Labute approximate surface area is 183 Å². The Morgan fingerprint density at radius 1 is 1.29 bits per heavy atom. The molecule has 0 amide bonds. The van der Waals surface area contributed by atoms with Crippen LogP contribution in [0.2, 0.25) is 0 Å². The zero-order valence-electron chi connectivity index (χ0n) is 17.1. The number of ether oxygens (including phenoxy) is 1. The summed E-state index contributed by atoms with van der Waals surface area (Å²) < 4.78 is 28.9. The molecule has 1 fully saturated rings. The van der Waals surface area contributed by atoms with Crippen LogP contribution < -0.4 is 10.1 Å². The van der Waals surface area contributed by atoms with Crippen molar-refractivity contribution in [2.45, 2.75) is 26.1 Å². The van der Waals surface area contributed by atoms with Crippen LogP contribution >= 0.6 is 24.0 Å². The standard InChI is InChI=1S/C19H31F2N5O.HI/c1-5-22-19(23-12-16-14-24(2)10-11-25(16)3)26(4)13-15-6-8-17(9-7-15)27-18(20)21;/h6-9,16,18H,5,10-14H2,1-4H3,(H,22,23);1H. The van der Waals surface area contributed by atoms with E-state index in [4.69, 9.17) is 4.99 Å². The zero-order chi connectivity index (χ0) is 19.8. The molecule has 0 aliphatic carbocycles. The Hall–Kier alpha value is -1.20. The number of hydrogen-bond donors (Lipinski definition) is 1. The van der Waals surface area contributed by atoms with Crippen molar-refractivity contribution in [2.75, 3.05) is 53.9 Å². The number of piperazine rings is 1. The van der Waals surface area contributed by atoms with E-state index in [-0.39, 0.29) is 29.7 Å². The van der Waals surface area contributed by atoms with E-state index in [1.165, 1.54) is 0 Å². The Morgan fingerprint density at radius 2 is 1.96 bits per heavy atom. The molecule has 1 heterocycles. The first kappa shape index (κ1) is 24.8. The molecule has 2 rings (SSSR count). The summed E-state index contributed by atoms with van der Waals surface area (Å²) in [4.78, 5) is 11.5. The minimum Gasteiger partial charge on any atom is -0.435 e. The second-order valence-electron chi connectivity index (χ2n) is 6.97. The predicted molar refractivity (Wildman–Crippen MR) is 120 cm³/mol. The number of hydrogen-bond acceptors (Lipinski definition) is 4. The third-order valence-corrected chi connectivity index (χ3v) is 4.70. The van der Waals surface area contributed by atoms with E-state index in [2.05, 4.69) is 33.9 Å². The van der Waals surface area contributed by atoms with E-state index in [1.54, 1.807) is 24.3 Å². The number of guanidine groups is 1. The molecule has 6 nitrogen and oxygen atoms in total. The monoisotopic (exact) mass is 511 g/mol. The van der Waals surface area contributed by atoms with Crippen LogP contribution in [0.4, 0.5) is 8.78 Å². The number of likely N-dealkylation sites (N-methyl/N-ethyl adjacent to an activating group) is 2. The lowest BCUT2D eigenvalue weighted by Gasteiger charge is -2.37. The summed E-state index contributed by atoms with van der Waals surface area (Å²) in [5.41, 5.74) is 0.999. The molecule has 0 aromatic heterocycles. The van der Waals surface area contributed by atoms with Crippen molar-refractivity contribution in [2.24, 2.45) is 4.99 Å². The number of alkyl halides is 2. The SMILES string of the molecule is CCNC(=NCC1CN(C)CCN1C)N(C)Cc1ccc(OC(F)F)cc1.I. The average molecular weight is 511 g/mol. The van der Waals surface area contributed by atoms with Crippen molar-refractivity contribution in [3.8, 4) is 5.75 Å². The maximum atomic E-state index is 12.3. The largest absolute Gasteiger partial charge is 0.435 e. The molecular weight excluding hydrogens is 479 g/mol. The summed E-state index contributed by atoms with van der Waals surface area (Å²) in [6.45, 7) is 4.52. The molecule has 160 valence electrons. The van der Waals surface area contributed by atoms with Gasteiger partial charge in [-0.25, -0.2) is 0 Å². The Bertz CT molecular complexity index is 602. The molecule has 0 saturated carbocycles. The fourth-order valence-electron chi connectivity index (χ4n) is 3.09. The van der Waals surface area contributed by atoms with Crippen LogP contribution in [0.1, 0.15) is 12.5 Å². The minimum atomic E-state index is -2.80. The minimum absolute atomic E-state index is 0. The topological polar surface area (TPSA) is 43.3 Å². The molecule has 1 N–H and O–H groups in total. The number of rotatable bonds is 7. The zero-order valence-corrected chi connectivity index (χ0v) is 19.4.